The number of esters is 2. The SMILES string of the molecule is C=CCOC(=O)CCC(=O)OCCO. The van der Waals surface area contributed by atoms with E-state index in [4.69, 9.17) is 5.11 Å². The lowest BCUT2D eigenvalue weighted by Gasteiger charge is -2.02. The van der Waals surface area contributed by atoms with Crippen molar-refractivity contribution in [3.8, 4) is 0 Å². The fourth-order valence-electron chi connectivity index (χ4n) is 0.660. The van der Waals surface area contributed by atoms with Gasteiger partial charge in [0.05, 0.1) is 19.4 Å². The molecule has 0 saturated carbocycles. The molecule has 0 aromatic carbocycles. The summed E-state index contributed by atoms with van der Waals surface area (Å²) in [5.41, 5.74) is 0. The minimum absolute atomic E-state index is 0.0158. The molecule has 0 aromatic heterocycles. The quantitative estimate of drug-likeness (QED) is 0.466. The summed E-state index contributed by atoms with van der Waals surface area (Å²) < 4.78 is 9.16. The zero-order valence-electron chi connectivity index (χ0n) is 7.90. The van der Waals surface area contributed by atoms with Crippen LogP contribution in [0.4, 0.5) is 0 Å². The van der Waals surface area contributed by atoms with Crippen LogP contribution in [0.1, 0.15) is 12.8 Å². The summed E-state index contributed by atoms with van der Waals surface area (Å²) in [5, 5.41) is 8.33. The summed E-state index contributed by atoms with van der Waals surface area (Å²) in [5.74, 6) is -0.986. The zero-order valence-corrected chi connectivity index (χ0v) is 7.90. The van der Waals surface area contributed by atoms with Gasteiger partial charge in [0.15, 0.2) is 0 Å². The topological polar surface area (TPSA) is 72.8 Å². The van der Waals surface area contributed by atoms with Crippen molar-refractivity contribution in [3.05, 3.63) is 12.7 Å². The smallest absolute Gasteiger partial charge is 0.306 e. The Bertz CT molecular complexity index is 199. The van der Waals surface area contributed by atoms with Crippen LogP contribution in [0.15, 0.2) is 12.7 Å². The molecular formula is C9H14O5. The molecule has 0 atom stereocenters. The van der Waals surface area contributed by atoms with Gasteiger partial charge in [-0.3, -0.25) is 9.59 Å². The van der Waals surface area contributed by atoms with E-state index < -0.39 is 11.9 Å². The van der Waals surface area contributed by atoms with E-state index >= 15 is 0 Å². The van der Waals surface area contributed by atoms with E-state index in [0.717, 1.165) is 0 Å². The minimum atomic E-state index is -0.519. The highest BCUT2D eigenvalue weighted by Crippen LogP contribution is 1.95. The highest BCUT2D eigenvalue weighted by Gasteiger charge is 2.07. The number of hydrogen-bond acceptors (Lipinski definition) is 5. The predicted octanol–water partition coefficient (Wildman–Crippen LogP) is 0.0313. The van der Waals surface area contributed by atoms with Gasteiger partial charge in [0.1, 0.15) is 13.2 Å². The third-order valence-electron chi connectivity index (χ3n) is 1.25. The monoisotopic (exact) mass is 202 g/mol. The number of aliphatic hydroxyl groups is 1. The van der Waals surface area contributed by atoms with Crippen molar-refractivity contribution in [1.82, 2.24) is 0 Å². The van der Waals surface area contributed by atoms with Gasteiger partial charge in [-0.05, 0) is 0 Å². The second-order valence-corrected chi connectivity index (χ2v) is 2.42. The van der Waals surface area contributed by atoms with E-state index in [9.17, 15) is 9.59 Å². The van der Waals surface area contributed by atoms with Crippen LogP contribution in [0.25, 0.3) is 0 Å². The van der Waals surface area contributed by atoms with Crippen LogP contribution in [0.5, 0.6) is 0 Å². The van der Waals surface area contributed by atoms with Crippen molar-refractivity contribution >= 4 is 11.9 Å². The molecular weight excluding hydrogens is 188 g/mol. The fourth-order valence-corrected chi connectivity index (χ4v) is 0.660. The zero-order chi connectivity index (χ0) is 10.8. The molecule has 0 aliphatic rings. The first-order valence-electron chi connectivity index (χ1n) is 4.23. The summed E-state index contributed by atoms with van der Waals surface area (Å²) in [6.07, 6.45) is 1.40. The van der Waals surface area contributed by atoms with Gasteiger partial charge in [0.2, 0.25) is 0 Å². The Morgan fingerprint density at radius 2 is 1.79 bits per heavy atom. The molecule has 5 nitrogen and oxygen atoms in total. The first-order valence-corrected chi connectivity index (χ1v) is 4.23. The fraction of sp³-hybridized carbons (Fsp3) is 0.556. The van der Waals surface area contributed by atoms with Crippen LogP contribution in [-0.4, -0.2) is 36.9 Å². The number of hydrogen-bond donors (Lipinski definition) is 1. The van der Waals surface area contributed by atoms with Gasteiger partial charge in [0, 0.05) is 0 Å². The first kappa shape index (κ1) is 12.6. The summed E-state index contributed by atoms with van der Waals surface area (Å²) in [7, 11) is 0. The summed E-state index contributed by atoms with van der Waals surface area (Å²) in [4.78, 5) is 21.7. The molecule has 0 aromatic rings. The van der Waals surface area contributed by atoms with E-state index in [-0.39, 0.29) is 32.7 Å². The number of carbonyl (C=O) groups is 2. The second-order valence-electron chi connectivity index (χ2n) is 2.42. The Balaban J connectivity index is 3.45. The maximum Gasteiger partial charge on any atom is 0.306 e. The average molecular weight is 202 g/mol. The second kappa shape index (κ2) is 8.25. The van der Waals surface area contributed by atoms with Crippen molar-refractivity contribution in [2.45, 2.75) is 12.8 Å². The molecule has 0 spiro atoms. The van der Waals surface area contributed by atoms with E-state index in [1.54, 1.807) is 0 Å². The molecule has 0 rings (SSSR count). The van der Waals surface area contributed by atoms with Crippen LogP contribution in [-0.2, 0) is 19.1 Å². The van der Waals surface area contributed by atoms with E-state index in [0.29, 0.717) is 0 Å². The van der Waals surface area contributed by atoms with Gasteiger partial charge < -0.3 is 14.6 Å². The van der Waals surface area contributed by atoms with Gasteiger partial charge in [-0.1, -0.05) is 12.7 Å². The number of rotatable bonds is 7. The van der Waals surface area contributed by atoms with Crippen molar-refractivity contribution < 1.29 is 24.2 Å². The molecule has 5 heteroatoms. The maximum atomic E-state index is 10.9. The molecule has 0 heterocycles. The van der Waals surface area contributed by atoms with Gasteiger partial charge >= 0.3 is 11.9 Å². The van der Waals surface area contributed by atoms with Crippen molar-refractivity contribution in [2.75, 3.05) is 19.8 Å². The Morgan fingerprint density at radius 3 is 2.29 bits per heavy atom. The van der Waals surface area contributed by atoms with Crippen molar-refractivity contribution in [3.63, 3.8) is 0 Å². The van der Waals surface area contributed by atoms with Crippen LogP contribution in [0, 0.1) is 0 Å². The Kier molecular flexibility index (Phi) is 7.45. The molecule has 0 unspecified atom stereocenters. The molecule has 80 valence electrons. The Hall–Kier alpha value is -1.36. The lowest BCUT2D eigenvalue weighted by Crippen LogP contribution is -2.12. The molecule has 0 fully saturated rings. The van der Waals surface area contributed by atoms with Crippen molar-refractivity contribution in [1.29, 1.82) is 0 Å². The average Bonchev–Trinajstić information content (AvgIpc) is 2.20. The molecule has 1 N–H and O–H groups in total. The minimum Gasteiger partial charge on any atom is -0.463 e. The first-order chi connectivity index (χ1) is 6.70. The lowest BCUT2D eigenvalue weighted by atomic mass is 10.3. The van der Waals surface area contributed by atoms with Crippen LogP contribution >= 0.6 is 0 Å². The molecule has 0 saturated heterocycles. The summed E-state index contributed by atoms with van der Waals surface area (Å²) >= 11 is 0. The lowest BCUT2D eigenvalue weighted by molar-refractivity contribution is -0.150. The molecule has 0 aliphatic heterocycles. The Labute approximate surface area is 82.3 Å². The predicted molar refractivity (Wildman–Crippen MR) is 48.4 cm³/mol. The number of ether oxygens (including phenoxy) is 2. The molecule has 14 heavy (non-hydrogen) atoms. The molecule has 0 radical (unpaired) electrons. The van der Waals surface area contributed by atoms with Gasteiger partial charge in [-0.15, -0.1) is 0 Å². The van der Waals surface area contributed by atoms with Gasteiger partial charge in [-0.25, -0.2) is 0 Å². The highest BCUT2D eigenvalue weighted by molar-refractivity contribution is 5.77. The third-order valence-corrected chi connectivity index (χ3v) is 1.25. The third kappa shape index (κ3) is 7.30. The normalized spacial score (nSPS) is 9.21. The van der Waals surface area contributed by atoms with Crippen molar-refractivity contribution in [2.24, 2.45) is 0 Å². The standard InChI is InChI=1S/C9H14O5/c1-2-6-13-8(11)3-4-9(12)14-7-5-10/h2,10H,1,3-7H2. The molecule has 0 bridgehead atoms. The van der Waals surface area contributed by atoms with Crippen LogP contribution in [0.3, 0.4) is 0 Å². The van der Waals surface area contributed by atoms with E-state index in [1.165, 1.54) is 6.08 Å². The molecule has 0 aliphatic carbocycles. The Morgan fingerprint density at radius 1 is 1.21 bits per heavy atom. The van der Waals surface area contributed by atoms with E-state index in [1.807, 2.05) is 0 Å². The maximum absolute atomic E-state index is 10.9. The van der Waals surface area contributed by atoms with E-state index in [2.05, 4.69) is 16.1 Å². The number of carbonyl (C=O) groups excluding carboxylic acids is 2. The van der Waals surface area contributed by atoms with Gasteiger partial charge in [0.25, 0.3) is 0 Å². The number of aliphatic hydroxyl groups excluding tert-OH is 1. The van der Waals surface area contributed by atoms with Crippen LogP contribution in [0.2, 0.25) is 0 Å². The summed E-state index contributed by atoms with van der Waals surface area (Å²) in [6.45, 7) is 3.26. The van der Waals surface area contributed by atoms with Crippen LogP contribution < -0.4 is 0 Å². The molecule has 0 amide bonds. The largest absolute Gasteiger partial charge is 0.463 e. The summed E-state index contributed by atoms with van der Waals surface area (Å²) in [6, 6.07) is 0. The highest BCUT2D eigenvalue weighted by atomic mass is 16.5. The van der Waals surface area contributed by atoms with Gasteiger partial charge in [-0.2, -0.15) is 0 Å².